The molecule has 0 aliphatic carbocycles. The highest BCUT2D eigenvalue weighted by atomic mass is 32.1. The van der Waals surface area contributed by atoms with Crippen LogP contribution in [-0.2, 0) is 0 Å². The molecule has 0 amide bonds. The highest BCUT2D eigenvalue weighted by Crippen LogP contribution is 2.27. The number of carbonyl (C=O) groups excluding carboxylic acids is 1. The Balaban J connectivity index is 2.49. The monoisotopic (exact) mass is 233 g/mol. The summed E-state index contributed by atoms with van der Waals surface area (Å²) in [5, 5.41) is 1.96. The molecule has 0 bridgehead atoms. The first-order valence-corrected chi connectivity index (χ1v) is 5.74. The molecule has 4 heteroatoms. The SMILES string of the molecule is COc1cc(-c2cscn2)ccc1C(C)=O. The van der Waals surface area contributed by atoms with Gasteiger partial charge in [0.15, 0.2) is 5.78 Å². The van der Waals surface area contributed by atoms with Gasteiger partial charge >= 0.3 is 0 Å². The zero-order chi connectivity index (χ0) is 11.5. The fourth-order valence-electron chi connectivity index (χ4n) is 1.50. The van der Waals surface area contributed by atoms with E-state index in [2.05, 4.69) is 4.98 Å². The third kappa shape index (κ3) is 1.97. The van der Waals surface area contributed by atoms with Crippen molar-refractivity contribution in [3.63, 3.8) is 0 Å². The van der Waals surface area contributed by atoms with Crippen LogP contribution in [-0.4, -0.2) is 17.9 Å². The van der Waals surface area contributed by atoms with Gasteiger partial charge in [0.1, 0.15) is 5.75 Å². The van der Waals surface area contributed by atoms with Crippen LogP contribution in [0.1, 0.15) is 17.3 Å². The van der Waals surface area contributed by atoms with Crippen molar-refractivity contribution in [2.24, 2.45) is 0 Å². The number of ether oxygens (including phenoxy) is 1. The maximum Gasteiger partial charge on any atom is 0.163 e. The molecule has 16 heavy (non-hydrogen) atoms. The summed E-state index contributed by atoms with van der Waals surface area (Å²) in [5.74, 6) is 0.597. The number of aromatic nitrogens is 1. The Morgan fingerprint density at radius 2 is 2.25 bits per heavy atom. The topological polar surface area (TPSA) is 39.2 Å². The van der Waals surface area contributed by atoms with Crippen molar-refractivity contribution >= 4 is 17.1 Å². The Bertz CT molecular complexity index is 506. The molecule has 2 rings (SSSR count). The second-order valence-electron chi connectivity index (χ2n) is 3.34. The molecule has 0 aliphatic rings. The first kappa shape index (κ1) is 10.8. The Morgan fingerprint density at radius 3 is 2.81 bits per heavy atom. The summed E-state index contributed by atoms with van der Waals surface area (Å²) in [5.41, 5.74) is 4.24. The van der Waals surface area contributed by atoms with Gasteiger partial charge in [-0.2, -0.15) is 0 Å². The molecule has 0 spiro atoms. The summed E-state index contributed by atoms with van der Waals surface area (Å²) in [6.07, 6.45) is 0. The molecule has 1 aromatic heterocycles. The van der Waals surface area contributed by atoms with E-state index in [1.54, 1.807) is 18.7 Å². The predicted molar refractivity (Wildman–Crippen MR) is 64.1 cm³/mol. The molecule has 82 valence electrons. The summed E-state index contributed by atoms with van der Waals surface area (Å²) in [6.45, 7) is 1.53. The lowest BCUT2D eigenvalue weighted by Crippen LogP contribution is -1.97. The van der Waals surface area contributed by atoms with E-state index in [-0.39, 0.29) is 5.78 Å². The van der Waals surface area contributed by atoms with Gasteiger partial charge in [-0.25, -0.2) is 4.98 Å². The van der Waals surface area contributed by atoms with Gasteiger partial charge in [-0.05, 0) is 19.1 Å². The third-order valence-electron chi connectivity index (χ3n) is 2.31. The first-order valence-electron chi connectivity index (χ1n) is 4.80. The third-order valence-corrected chi connectivity index (χ3v) is 2.90. The van der Waals surface area contributed by atoms with Crippen molar-refractivity contribution < 1.29 is 9.53 Å². The predicted octanol–water partition coefficient (Wildman–Crippen LogP) is 3.02. The van der Waals surface area contributed by atoms with Gasteiger partial charge in [0.25, 0.3) is 0 Å². The van der Waals surface area contributed by atoms with E-state index >= 15 is 0 Å². The van der Waals surface area contributed by atoms with E-state index in [4.69, 9.17) is 4.74 Å². The minimum Gasteiger partial charge on any atom is -0.496 e. The minimum atomic E-state index is 0.00155. The van der Waals surface area contributed by atoms with Gasteiger partial charge in [0.2, 0.25) is 0 Å². The molecule has 0 aliphatic heterocycles. The van der Waals surface area contributed by atoms with Crippen LogP contribution in [0.3, 0.4) is 0 Å². The fraction of sp³-hybridized carbons (Fsp3) is 0.167. The van der Waals surface area contributed by atoms with Gasteiger partial charge in [-0.15, -0.1) is 11.3 Å². The molecule has 1 aromatic carbocycles. The van der Waals surface area contributed by atoms with Crippen molar-refractivity contribution in [2.45, 2.75) is 6.92 Å². The van der Waals surface area contributed by atoms with Gasteiger partial charge in [0.05, 0.1) is 23.9 Å². The zero-order valence-corrected chi connectivity index (χ0v) is 9.88. The number of nitrogens with zero attached hydrogens (tertiary/aromatic N) is 1. The minimum absolute atomic E-state index is 0.00155. The van der Waals surface area contributed by atoms with E-state index in [1.807, 2.05) is 17.5 Å². The quantitative estimate of drug-likeness (QED) is 0.765. The maximum absolute atomic E-state index is 11.3. The van der Waals surface area contributed by atoms with Crippen LogP contribution < -0.4 is 4.74 Å². The van der Waals surface area contributed by atoms with Crippen LogP contribution in [0.5, 0.6) is 5.75 Å². The molecule has 0 radical (unpaired) electrons. The molecular formula is C12H11NO2S. The number of carbonyl (C=O) groups is 1. The second-order valence-corrected chi connectivity index (χ2v) is 4.06. The van der Waals surface area contributed by atoms with E-state index in [1.165, 1.54) is 18.3 Å². The summed E-state index contributed by atoms with van der Waals surface area (Å²) < 4.78 is 5.20. The first-order chi connectivity index (χ1) is 7.72. The highest BCUT2D eigenvalue weighted by molar-refractivity contribution is 7.07. The largest absolute Gasteiger partial charge is 0.496 e. The van der Waals surface area contributed by atoms with Crippen LogP contribution in [0.2, 0.25) is 0 Å². The summed E-state index contributed by atoms with van der Waals surface area (Å²) in [6, 6.07) is 5.50. The molecule has 0 N–H and O–H groups in total. The Kier molecular flexibility index (Phi) is 3.01. The molecule has 1 heterocycles. The molecular weight excluding hydrogens is 222 g/mol. The van der Waals surface area contributed by atoms with Crippen molar-refractivity contribution in [1.29, 1.82) is 0 Å². The standard InChI is InChI=1S/C12H11NO2S/c1-8(14)10-4-3-9(5-12(10)15-2)11-6-16-7-13-11/h3-7H,1-2H3. The molecule has 0 saturated carbocycles. The number of benzene rings is 1. The molecule has 2 aromatic rings. The van der Waals surface area contributed by atoms with Crippen LogP contribution in [0, 0.1) is 0 Å². The van der Waals surface area contributed by atoms with Crippen LogP contribution in [0.15, 0.2) is 29.1 Å². The maximum atomic E-state index is 11.3. The number of rotatable bonds is 3. The number of methoxy groups -OCH3 is 1. The van der Waals surface area contributed by atoms with Crippen molar-refractivity contribution in [2.75, 3.05) is 7.11 Å². The zero-order valence-electron chi connectivity index (χ0n) is 9.06. The molecule has 0 atom stereocenters. The molecule has 0 saturated heterocycles. The lowest BCUT2D eigenvalue weighted by atomic mass is 10.1. The average Bonchev–Trinajstić information content (AvgIpc) is 2.81. The van der Waals surface area contributed by atoms with Crippen molar-refractivity contribution in [1.82, 2.24) is 4.98 Å². The van der Waals surface area contributed by atoms with E-state index in [0.717, 1.165) is 11.3 Å². The smallest absolute Gasteiger partial charge is 0.163 e. The van der Waals surface area contributed by atoms with Crippen LogP contribution in [0.25, 0.3) is 11.3 Å². The Labute approximate surface area is 97.7 Å². The lowest BCUT2D eigenvalue weighted by molar-refractivity contribution is 0.101. The van der Waals surface area contributed by atoms with E-state index in [9.17, 15) is 4.79 Å². The van der Waals surface area contributed by atoms with Crippen LogP contribution >= 0.6 is 11.3 Å². The average molecular weight is 233 g/mol. The summed E-state index contributed by atoms with van der Waals surface area (Å²) in [7, 11) is 1.56. The molecule has 3 nitrogen and oxygen atoms in total. The van der Waals surface area contributed by atoms with Gasteiger partial charge < -0.3 is 4.74 Å². The molecule has 0 unspecified atom stereocenters. The van der Waals surface area contributed by atoms with Gasteiger partial charge in [0, 0.05) is 10.9 Å². The highest BCUT2D eigenvalue weighted by Gasteiger charge is 2.10. The number of thiazole rings is 1. The van der Waals surface area contributed by atoms with E-state index < -0.39 is 0 Å². The molecule has 0 fully saturated rings. The normalized spacial score (nSPS) is 10.1. The van der Waals surface area contributed by atoms with Crippen LogP contribution in [0.4, 0.5) is 0 Å². The Hall–Kier alpha value is -1.68. The second kappa shape index (κ2) is 4.45. The van der Waals surface area contributed by atoms with Crippen molar-refractivity contribution in [3.8, 4) is 17.0 Å². The number of ketones is 1. The van der Waals surface area contributed by atoms with Crippen molar-refractivity contribution in [3.05, 3.63) is 34.7 Å². The number of hydrogen-bond donors (Lipinski definition) is 0. The fourth-order valence-corrected chi connectivity index (χ4v) is 2.06. The number of Topliss-reactive ketones (excluding diaryl/α,β-unsaturated/α-hetero) is 1. The Morgan fingerprint density at radius 1 is 1.44 bits per heavy atom. The lowest BCUT2D eigenvalue weighted by Gasteiger charge is -2.07. The van der Waals surface area contributed by atoms with Gasteiger partial charge in [-0.3, -0.25) is 4.79 Å². The summed E-state index contributed by atoms with van der Waals surface area (Å²) >= 11 is 1.54. The number of hydrogen-bond acceptors (Lipinski definition) is 4. The van der Waals surface area contributed by atoms with E-state index in [0.29, 0.717) is 11.3 Å². The summed E-state index contributed by atoms with van der Waals surface area (Å²) in [4.78, 5) is 15.5. The van der Waals surface area contributed by atoms with Gasteiger partial charge in [-0.1, -0.05) is 6.07 Å².